The van der Waals surface area contributed by atoms with Gasteiger partial charge < -0.3 is 0 Å². The van der Waals surface area contributed by atoms with Crippen LogP contribution in [-0.2, 0) is 0 Å². The highest BCUT2D eigenvalue weighted by Gasteiger charge is 2.12. The van der Waals surface area contributed by atoms with E-state index in [9.17, 15) is 0 Å². The molecule has 4 nitrogen and oxygen atoms in total. The second kappa shape index (κ2) is 2.32. The van der Waals surface area contributed by atoms with Crippen LogP contribution < -0.4 is 0 Å². The maximum atomic E-state index is 5.76. The average molecular weight is 189 g/mol. The van der Waals surface area contributed by atoms with E-state index in [4.69, 9.17) is 23.4 Å². The van der Waals surface area contributed by atoms with E-state index in [1.165, 1.54) is 16.7 Å². The predicted octanol–water partition coefficient (Wildman–Crippen LogP) is 1.43. The van der Waals surface area contributed by atoms with E-state index < -0.39 is 0 Å². The lowest BCUT2D eigenvalue weighted by Gasteiger charge is -2.00. The summed E-state index contributed by atoms with van der Waals surface area (Å²) in [7, 11) is 0. The van der Waals surface area contributed by atoms with Crippen molar-refractivity contribution in [1.82, 2.24) is 19.0 Å². The molecule has 2 aliphatic rings. The van der Waals surface area contributed by atoms with Gasteiger partial charge in [-0.15, -0.1) is 0 Å². The van der Waals surface area contributed by atoms with Crippen LogP contribution in [0, 0.1) is 0 Å². The number of imidazole rings is 1. The zero-order valence-electron chi connectivity index (χ0n) is 5.20. The Kier molecular flexibility index (Phi) is 1.44. The largest absolute Gasteiger partial charge is 0.230 e. The number of fused-ring (bicyclic) bond motifs is 1. The average Bonchev–Trinajstić information content (AvgIpc) is 2.45. The molecular weight excluding hydrogens is 187 g/mol. The van der Waals surface area contributed by atoms with Crippen LogP contribution in [-0.4, -0.2) is 19.0 Å². The molecule has 56 valence electrons. The van der Waals surface area contributed by atoms with Gasteiger partial charge in [0.05, 0.1) is 0 Å². The van der Waals surface area contributed by atoms with E-state index in [1.807, 2.05) is 0 Å². The predicted molar refractivity (Wildman–Crippen MR) is 40.7 cm³/mol. The van der Waals surface area contributed by atoms with Crippen LogP contribution >= 0.6 is 23.4 Å². The first kappa shape index (κ1) is 6.82. The lowest BCUT2D eigenvalue weighted by molar-refractivity contribution is 1.07. The maximum Gasteiger partial charge on any atom is 0.184 e. The zero-order chi connectivity index (χ0) is 7.84. The van der Waals surface area contributed by atoms with Crippen LogP contribution in [0.5, 0.6) is 0 Å². The van der Waals surface area contributed by atoms with Crippen LogP contribution in [0.1, 0.15) is 0 Å². The van der Waals surface area contributed by atoms with Gasteiger partial charge in [0.25, 0.3) is 0 Å². The normalized spacial score (nSPS) is 10.7. The number of halogens is 2. The molecule has 0 unspecified atom stereocenters. The highest BCUT2D eigenvalue weighted by Crippen LogP contribution is 2.23. The Bertz CT molecular complexity index is 358. The zero-order valence-corrected chi connectivity index (χ0v) is 6.71. The minimum absolute atomic E-state index is 0.328. The second-order valence-electron chi connectivity index (χ2n) is 1.89. The molecule has 0 saturated heterocycles. The number of nitrogens with zero attached hydrogens (tertiary/aromatic N) is 4. The summed E-state index contributed by atoms with van der Waals surface area (Å²) in [5.74, 6) is 0.506. The summed E-state index contributed by atoms with van der Waals surface area (Å²) < 4.78 is 1.17. The van der Waals surface area contributed by atoms with E-state index in [-0.39, 0.29) is 0 Å². The van der Waals surface area contributed by atoms with Crippen molar-refractivity contribution >= 4 is 23.4 Å². The second-order valence-corrected chi connectivity index (χ2v) is 2.61. The van der Waals surface area contributed by atoms with Gasteiger partial charge in [0.1, 0.15) is 18.3 Å². The van der Waals surface area contributed by atoms with Gasteiger partial charge in [0, 0.05) is 11.8 Å². The molecule has 6 heteroatoms. The van der Waals surface area contributed by atoms with Crippen LogP contribution in [0.15, 0.2) is 12.7 Å². The van der Waals surface area contributed by atoms with Gasteiger partial charge >= 0.3 is 0 Å². The van der Waals surface area contributed by atoms with E-state index in [0.29, 0.717) is 16.7 Å². The highest BCUT2D eigenvalue weighted by molar-refractivity contribution is 6.35. The molecule has 0 aromatic rings. The minimum Gasteiger partial charge on any atom is -0.230 e. The van der Waals surface area contributed by atoms with Gasteiger partial charge in [-0.25, -0.2) is 19.0 Å². The molecule has 2 rings (SSSR count). The summed E-state index contributed by atoms with van der Waals surface area (Å²) in [4.78, 5) is 11.6. The molecule has 0 radical (unpaired) electrons. The fourth-order valence-electron chi connectivity index (χ4n) is 0.757. The number of hydrogen-bond donors (Lipinski definition) is 0. The first-order valence-electron chi connectivity index (χ1n) is 2.79. The Labute approximate surface area is 72.3 Å². The number of hydrogen-bond acceptors (Lipinski definition) is 3. The SMILES string of the molecule is Clc1c2ncnc-2ncn1Cl. The summed E-state index contributed by atoms with van der Waals surface area (Å²) >= 11 is 11.4. The fraction of sp³-hybridized carbons (Fsp3) is 0. The third kappa shape index (κ3) is 0.948. The van der Waals surface area contributed by atoms with Gasteiger partial charge in [-0.1, -0.05) is 11.6 Å². The molecule has 0 aliphatic carbocycles. The van der Waals surface area contributed by atoms with Crippen molar-refractivity contribution < 1.29 is 0 Å². The number of rotatable bonds is 0. The van der Waals surface area contributed by atoms with Crippen molar-refractivity contribution in [2.24, 2.45) is 0 Å². The van der Waals surface area contributed by atoms with E-state index in [0.717, 1.165) is 0 Å². The summed E-state index contributed by atoms with van der Waals surface area (Å²) in [6.45, 7) is 0. The Morgan fingerprint density at radius 1 is 1.27 bits per heavy atom. The first-order valence-corrected chi connectivity index (χ1v) is 3.50. The molecule has 11 heavy (non-hydrogen) atoms. The molecule has 0 aromatic heterocycles. The molecule has 0 atom stereocenters. The lowest BCUT2D eigenvalue weighted by atomic mass is 10.4. The van der Waals surface area contributed by atoms with Gasteiger partial charge in [0.2, 0.25) is 0 Å². The smallest absolute Gasteiger partial charge is 0.184 e. The monoisotopic (exact) mass is 188 g/mol. The van der Waals surface area contributed by atoms with Crippen molar-refractivity contribution in [3.63, 3.8) is 0 Å². The third-order valence-electron chi connectivity index (χ3n) is 1.24. The fourth-order valence-corrected chi connectivity index (χ4v) is 1.06. The molecule has 0 saturated carbocycles. The van der Waals surface area contributed by atoms with Crippen LogP contribution in [0.4, 0.5) is 0 Å². The summed E-state index contributed by atoms with van der Waals surface area (Å²) in [6.07, 6.45) is 2.77. The minimum atomic E-state index is 0.328. The van der Waals surface area contributed by atoms with Gasteiger partial charge in [0.15, 0.2) is 11.0 Å². The highest BCUT2D eigenvalue weighted by atomic mass is 35.5. The van der Waals surface area contributed by atoms with Gasteiger partial charge in [-0.05, 0) is 0 Å². The topological polar surface area (TPSA) is 43.6 Å². The van der Waals surface area contributed by atoms with Crippen LogP contribution in [0.25, 0.3) is 11.5 Å². The molecule has 0 spiro atoms. The van der Waals surface area contributed by atoms with Crippen LogP contribution in [0.3, 0.4) is 0 Å². The van der Waals surface area contributed by atoms with Crippen LogP contribution in [0.2, 0.25) is 5.15 Å². The standard InChI is InChI=1S/C5H2Cl2N4/c6-4-3-5(9-1-8-3)10-2-11(4)7/h1-2H. The van der Waals surface area contributed by atoms with Gasteiger partial charge in [-0.3, -0.25) is 0 Å². The van der Waals surface area contributed by atoms with E-state index in [2.05, 4.69) is 15.0 Å². The molecule has 0 bridgehead atoms. The molecule has 2 heterocycles. The molecule has 0 fully saturated rings. The molecule has 0 amide bonds. The first-order chi connectivity index (χ1) is 5.29. The van der Waals surface area contributed by atoms with Crippen molar-refractivity contribution in [2.75, 3.05) is 0 Å². The summed E-state index contributed by atoms with van der Waals surface area (Å²) in [5, 5.41) is 0.328. The Balaban J connectivity index is 2.81. The van der Waals surface area contributed by atoms with Crippen molar-refractivity contribution in [1.29, 1.82) is 0 Å². The Hall–Kier alpha value is -0.870. The van der Waals surface area contributed by atoms with E-state index >= 15 is 0 Å². The Morgan fingerprint density at radius 2 is 2.09 bits per heavy atom. The van der Waals surface area contributed by atoms with Crippen molar-refractivity contribution in [2.45, 2.75) is 0 Å². The molecule has 0 aromatic carbocycles. The van der Waals surface area contributed by atoms with Crippen molar-refractivity contribution in [3.8, 4) is 11.5 Å². The lowest BCUT2D eigenvalue weighted by Crippen LogP contribution is -1.94. The summed E-state index contributed by atoms with van der Waals surface area (Å²) in [5.41, 5.74) is 0.518. The molecule has 0 N–H and O–H groups in total. The maximum absolute atomic E-state index is 5.76. The van der Waals surface area contributed by atoms with Gasteiger partial charge in [-0.2, -0.15) is 0 Å². The Morgan fingerprint density at radius 3 is 2.91 bits per heavy atom. The number of aromatic nitrogens is 4. The van der Waals surface area contributed by atoms with E-state index in [1.54, 1.807) is 0 Å². The van der Waals surface area contributed by atoms with Crippen molar-refractivity contribution in [3.05, 3.63) is 17.8 Å². The molecular formula is C5H2Cl2N4. The summed E-state index contributed by atoms with van der Waals surface area (Å²) in [6, 6.07) is 0. The quantitative estimate of drug-likeness (QED) is 0.588. The molecule has 2 aliphatic heterocycles. The third-order valence-corrected chi connectivity index (χ3v) is 1.95.